The molecule has 10 heteroatoms. The summed E-state index contributed by atoms with van der Waals surface area (Å²) < 4.78 is 32.0. The molecule has 1 aliphatic rings. The molecule has 1 aliphatic carbocycles. The van der Waals surface area contributed by atoms with Crippen molar-refractivity contribution in [2.24, 2.45) is 5.73 Å². The predicted molar refractivity (Wildman–Crippen MR) is 141 cm³/mol. The third-order valence-corrected chi connectivity index (χ3v) is 8.08. The Morgan fingerprint density at radius 1 is 1.11 bits per heavy atom. The van der Waals surface area contributed by atoms with Gasteiger partial charge >= 0.3 is 0 Å². The second-order valence-corrected chi connectivity index (χ2v) is 10.3. The van der Waals surface area contributed by atoms with Gasteiger partial charge in [0.05, 0.1) is 23.8 Å². The summed E-state index contributed by atoms with van der Waals surface area (Å²) >= 11 is 1.44. The molecule has 6 rings (SSSR count). The smallest absolute Gasteiger partial charge is 0.223 e. The fourth-order valence-electron chi connectivity index (χ4n) is 5.11. The standard InChI is InChI=1S/C27H25F2N7S/c28-17-7-8-18(19-4-2-6-23(19)30)21(14-17)20-5-1-3-16-13-24(37-26(16)20)25-22(29)15-32-27(34-25)31-9-11-36-12-10-33-35-36/h1,3,5,7-8,10,12-15,19,23H,2,4,6,9,11,30H2,(H,31,32,34). The first kappa shape index (κ1) is 23.6. The van der Waals surface area contributed by atoms with Crippen molar-refractivity contribution in [1.29, 1.82) is 0 Å². The van der Waals surface area contributed by atoms with Gasteiger partial charge in [0, 0.05) is 23.5 Å². The van der Waals surface area contributed by atoms with E-state index in [9.17, 15) is 8.78 Å². The lowest BCUT2D eigenvalue weighted by molar-refractivity contribution is 0.604. The number of nitrogens with two attached hydrogens (primary N) is 1. The lowest BCUT2D eigenvalue weighted by Crippen LogP contribution is -2.23. The maximum Gasteiger partial charge on any atom is 0.223 e. The van der Waals surface area contributed by atoms with Gasteiger partial charge in [-0.1, -0.05) is 35.9 Å². The van der Waals surface area contributed by atoms with E-state index < -0.39 is 5.82 Å². The molecule has 0 amide bonds. The SMILES string of the molecule is NC1CCCC1c1ccc(F)cc1-c1cccc2cc(-c3nc(NCCn4ccnn4)ncc3F)sc12. The van der Waals surface area contributed by atoms with E-state index in [1.54, 1.807) is 23.1 Å². The van der Waals surface area contributed by atoms with Crippen LogP contribution < -0.4 is 11.1 Å². The lowest BCUT2D eigenvalue weighted by atomic mass is 9.87. The summed E-state index contributed by atoms with van der Waals surface area (Å²) in [5.74, 6) is -0.270. The maximum absolute atomic E-state index is 14.9. The molecule has 2 atom stereocenters. The molecule has 2 unspecified atom stereocenters. The zero-order chi connectivity index (χ0) is 25.4. The Morgan fingerprint density at radius 2 is 2.03 bits per heavy atom. The summed E-state index contributed by atoms with van der Waals surface area (Å²) in [7, 11) is 0. The quantitative estimate of drug-likeness (QED) is 0.292. The Hall–Kier alpha value is -3.76. The largest absolute Gasteiger partial charge is 0.352 e. The zero-order valence-corrected chi connectivity index (χ0v) is 20.8. The Morgan fingerprint density at radius 3 is 2.84 bits per heavy atom. The van der Waals surface area contributed by atoms with Crippen LogP contribution in [0.4, 0.5) is 14.7 Å². The number of benzene rings is 2. The van der Waals surface area contributed by atoms with Crippen LogP contribution in [0.15, 0.2) is 61.1 Å². The van der Waals surface area contributed by atoms with Crippen molar-refractivity contribution >= 4 is 27.4 Å². The Balaban J connectivity index is 1.36. The summed E-state index contributed by atoms with van der Waals surface area (Å²) in [5.41, 5.74) is 9.48. The van der Waals surface area contributed by atoms with Gasteiger partial charge in [-0.05, 0) is 59.0 Å². The number of aromatic nitrogens is 5. The monoisotopic (exact) mass is 517 g/mol. The van der Waals surface area contributed by atoms with E-state index in [1.165, 1.54) is 23.6 Å². The summed E-state index contributed by atoms with van der Waals surface area (Å²) in [5, 5.41) is 11.8. The fourth-order valence-corrected chi connectivity index (χ4v) is 6.29. The third kappa shape index (κ3) is 4.70. The minimum atomic E-state index is -0.502. The minimum Gasteiger partial charge on any atom is -0.352 e. The first-order chi connectivity index (χ1) is 18.1. The van der Waals surface area contributed by atoms with E-state index in [2.05, 4.69) is 25.6 Å². The molecule has 188 valence electrons. The van der Waals surface area contributed by atoms with Crippen molar-refractivity contribution in [3.8, 4) is 21.7 Å². The minimum absolute atomic E-state index is 0.0629. The number of thiophene rings is 1. The van der Waals surface area contributed by atoms with Gasteiger partial charge in [-0.2, -0.15) is 0 Å². The molecule has 0 saturated heterocycles. The van der Waals surface area contributed by atoms with E-state index in [1.807, 2.05) is 30.3 Å². The van der Waals surface area contributed by atoms with Crippen molar-refractivity contribution in [3.63, 3.8) is 0 Å². The van der Waals surface area contributed by atoms with Gasteiger partial charge in [-0.15, -0.1) is 16.4 Å². The van der Waals surface area contributed by atoms with Crippen LogP contribution in [-0.4, -0.2) is 37.5 Å². The summed E-state index contributed by atoms with van der Waals surface area (Å²) in [4.78, 5) is 9.22. The number of hydrogen-bond donors (Lipinski definition) is 2. The van der Waals surface area contributed by atoms with Crippen LogP contribution in [0.1, 0.15) is 30.7 Å². The average Bonchev–Trinajstić information content (AvgIpc) is 3.66. The molecule has 7 nitrogen and oxygen atoms in total. The zero-order valence-electron chi connectivity index (χ0n) is 19.9. The van der Waals surface area contributed by atoms with Crippen LogP contribution in [0.5, 0.6) is 0 Å². The highest BCUT2D eigenvalue weighted by atomic mass is 32.1. The number of nitrogens with one attached hydrogen (secondary N) is 1. The highest BCUT2D eigenvalue weighted by Crippen LogP contribution is 2.44. The van der Waals surface area contributed by atoms with Gasteiger partial charge in [0.2, 0.25) is 5.95 Å². The van der Waals surface area contributed by atoms with Crippen molar-refractivity contribution in [2.75, 3.05) is 11.9 Å². The average molecular weight is 518 g/mol. The number of hydrogen-bond acceptors (Lipinski definition) is 7. The molecule has 3 heterocycles. The maximum atomic E-state index is 14.9. The van der Waals surface area contributed by atoms with Gasteiger partial charge < -0.3 is 11.1 Å². The molecule has 3 aromatic heterocycles. The summed E-state index contributed by atoms with van der Waals surface area (Å²) in [6, 6.07) is 12.9. The molecule has 0 aliphatic heterocycles. The summed E-state index contributed by atoms with van der Waals surface area (Å²) in [6.45, 7) is 1.08. The third-order valence-electron chi connectivity index (χ3n) is 6.89. The molecule has 0 spiro atoms. The number of nitrogens with zero attached hydrogens (tertiary/aromatic N) is 5. The molecule has 5 aromatic rings. The molecule has 37 heavy (non-hydrogen) atoms. The van der Waals surface area contributed by atoms with Crippen LogP contribution in [0.2, 0.25) is 0 Å². The molecular weight excluding hydrogens is 492 g/mol. The molecular formula is C27H25F2N7S. The van der Waals surface area contributed by atoms with Crippen LogP contribution in [0, 0.1) is 11.6 Å². The van der Waals surface area contributed by atoms with E-state index in [4.69, 9.17) is 5.73 Å². The fraction of sp³-hybridized carbons (Fsp3) is 0.259. The molecule has 0 bridgehead atoms. The van der Waals surface area contributed by atoms with E-state index in [0.29, 0.717) is 23.9 Å². The highest BCUT2D eigenvalue weighted by Gasteiger charge is 2.28. The van der Waals surface area contributed by atoms with Gasteiger partial charge in [0.25, 0.3) is 0 Å². The molecule has 3 N–H and O–H groups in total. The van der Waals surface area contributed by atoms with Crippen molar-refractivity contribution in [3.05, 3.63) is 78.3 Å². The van der Waals surface area contributed by atoms with Gasteiger partial charge in [-0.25, -0.2) is 18.7 Å². The van der Waals surface area contributed by atoms with Gasteiger partial charge in [0.15, 0.2) is 5.82 Å². The number of anilines is 1. The topological polar surface area (TPSA) is 94.5 Å². The van der Waals surface area contributed by atoms with Gasteiger partial charge in [0.1, 0.15) is 11.5 Å². The van der Waals surface area contributed by atoms with Crippen molar-refractivity contribution < 1.29 is 8.78 Å². The highest BCUT2D eigenvalue weighted by molar-refractivity contribution is 7.22. The second kappa shape index (κ2) is 9.95. The van der Waals surface area contributed by atoms with Crippen LogP contribution in [-0.2, 0) is 6.54 Å². The second-order valence-electron chi connectivity index (χ2n) is 9.25. The van der Waals surface area contributed by atoms with Crippen LogP contribution in [0.3, 0.4) is 0 Å². The first-order valence-corrected chi connectivity index (χ1v) is 13.1. The van der Waals surface area contributed by atoms with Crippen molar-refractivity contribution in [1.82, 2.24) is 25.0 Å². The van der Waals surface area contributed by atoms with Crippen LogP contribution >= 0.6 is 11.3 Å². The number of fused-ring (bicyclic) bond motifs is 1. The number of rotatable bonds is 7. The van der Waals surface area contributed by atoms with E-state index >= 15 is 0 Å². The van der Waals surface area contributed by atoms with E-state index in [-0.39, 0.29) is 23.5 Å². The first-order valence-electron chi connectivity index (χ1n) is 12.3. The Labute approximate surface area is 216 Å². The lowest BCUT2D eigenvalue weighted by Gasteiger charge is -2.20. The van der Waals surface area contributed by atoms with Crippen molar-refractivity contribution in [2.45, 2.75) is 37.8 Å². The normalized spacial score (nSPS) is 17.5. The van der Waals surface area contributed by atoms with E-state index in [0.717, 1.165) is 46.0 Å². The molecule has 1 saturated carbocycles. The Bertz CT molecular complexity index is 1550. The molecule has 0 radical (unpaired) electrons. The number of halogens is 2. The van der Waals surface area contributed by atoms with Crippen LogP contribution in [0.25, 0.3) is 31.8 Å². The molecule has 2 aromatic carbocycles. The predicted octanol–water partition coefficient (Wildman–Crippen LogP) is 5.60. The summed E-state index contributed by atoms with van der Waals surface area (Å²) in [6.07, 6.45) is 7.58. The Kier molecular flexibility index (Phi) is 6.35. The van der Waals surface area contributed by atoms with Gasteiger partial charge in [-0.3, -0.25) is 4.68 Å². The molecule has 1 fully saturated rings.